The number of fused-ring (bicyclic) bond motifs is 6. The third-order valence-electron chi connectivity index (χ3n) is 18.6. The summed E-state index contributed by atoms with van der Waals surface area (Å²) in [6.07, 6.45) is 22.1. The Morgan fingerprint density at radius 3 is 0.787 bits per heavy atom. The molecule has 0 nitrogen and oxygen atoms in total. The molecular weight excluding hydrogens is 1330 g/mol. The molecule has 0 radical (unpaired) electrons. The monoisotopic (exact) mass is 1430 g/mol. The summed E-state index contributed by atoms with van der Waals surface area (Å²) in [6, 6.07) is 73.7. The van der Waals surface area contributed by atoms with E-state index in [1.54, 1.807) is 6.41 Å². The zero-order valence-electron chi connectivity index (χ0n) is 60.4. The number of rotatable bonds is 8. The van der Waals surface area contributed by atoms with Crippen molar-refractivity contribution in [1.82, 2.24) is 0 Å². The molecule has 0 atom stereocenters. The minimum Gasteiger partial charge on any atom is -1.00 e. The van der Waals surface area contributed by atoms with Gasteiger partial charge >= 0.3 is 276 Å². The largest absolute Gasteiger partial charge is 1.00 e. The second-order valence-electron chi connectivity index (χ2n) is 31.3. The van der Waals surface area contributed by atoms with Gasteiger partial charge in [-0.1, -0.05) is 131 Å². The van der Waals surface area contributed by atoms with Gasteiger partial charge < -0.3 is 24.8 Å². The van der Waals surface area contributed by atoms with Gasteiger partial charge in [-0.3, -0.25) is 12.2 Å². The van der Waals surface area contributed by atoms with Crippen LogP contribution < -0.4 is 24.8 Å². The van der Waals surface area contributed by atoms with E-state index in [-0.39, 0.29) is 68.1 Å². The van der Waals surface area contributed by atoms with Crippen molar-refractivity contribution >= 4 is 6.41 Å². The fraction of sp³-hybridized carbons (Fsp3) is 0.356. The molecule has 94 heavy (non-hydrogen) atoms. The minimum absolute atomic E-state index is 0. The molecule has 0 heterocycles. The third-order valence-corrected chi connectivity index (χ3v) is 24.7. The van der Waals surface area contributed by atoms with Crippen molar-refractivity contribution in [2.24, 2.45) is 0 Å². The maximum atomic E-state index is 3.67. The average Bonchev–Trinajstić information content (AvgIpc) is 1.39. The molecule has 0 amide bonds. The van der Waals surface area contributed by atoms with Crippen LogP contribution in [0, 0.1) is 24.3 Å². The fourth-order valence-corrected chi connectivity index (χ4v) is 13.7. The van der Waals surface area contributed by atoms with E-state index in [2.05, 4.69) is 357 Å². The normalized spacial score (nSPS) is 13.4. The molecule has 4 heteroatoms. The second kappa shape index (κ2) is 33.4. The van der Waals surface area contributed by atoms with E-state index in [1.807, 2.05) is 24.3 Å². The van der Waals surface area contributed by atoms with Crippen LogP contribution in [0.2, 0.25) is 0 Å². The molecule has 0 bridgehead atoms. The molecule has 0 unspecified atom stereocenters. The average molecular weight is 1440 g/mol. The van der Waals surface area contributed by atoms with Crippen LogP contribution in [0.1, 0.15) is 218 Å². The van der Waals surface area contributed by atoms with Crippen molar-refractivity contribution in [3.8, 4) is 22.3 Å². The number of hydrogen-bond acceptors (Lipinski definition) is 0. The molecule has 12 rings (SSSR count). The van der Waals surface area contributed by atoms with E-state index >= 15 is 0 Å². The van der Waals surface area contributed by atoms with Gasteiger partial charge in [-0.25, -0.2) is 24.3 Å². The summed E-state index contributed by atoms with van der Waals surface area (Å²) < 4.78 is 3.16. The molecule has 8 aromatic rings. The maximum Gasteiger partial charge on any atom is -0.109 e. The van der Waals surface area contributed by atoms with Crippen LogP contribution in [-0.2, 0) is 105 Å². The molecular formula is C90H104Cl2Zr2-2. The molecule has 488 valence electrons. The summed E-state index contributed by atoms with van der Waals surface area (Å²) in [6.45, 7) is 46.0. The number of allylic oxidation sites excluding steroid dienone is 8. The molecule has 0 aromatic heterocycles. The van der Waals surface area contributed by atoms with E-state index < -0.39 is 0 Å². The molecule has 4 aliphatic carbocycles. The van der Waals surface area contributed by atoms with Crippen molar-refractivity contribution in [2.75, 3.05) is 0 Å². The van der Waals surface area contributed by atoms with Gasteiger partial charge in [-0.2, -0.15) is 59.7 Å². The third kappa shape index (κ3) is 20.4. The quantitative estimate of drug-likeness (QED) is 0.133. The van der Waals surface area contributed by atoms with Gasteiger partial charge in [0.1, 0.15) is 0 Å². The topological polar surface area (TPSA) is 0 Å². The number of hydrogen-bond donors (Lipinski definition) is 0. The van der Waals surface area contributed by atoms with Gasteiger partial charge in [0.15, 0.2) is 0 Å². The molecule has 4 aliphatic rings. The van der Waals surface area contributed by atoms with Crippen LogP contribution in [0.15, 0.2) is 218 Å². The Morgan fingerprint density at radius 2 is 0.574 bits per heavy atom. The molecule has 0 saturated carbocycles. The zero-order chi connectivity index (χ0) is 67.5. The number of benzene rings is 8. The first-order chi connectivity index (χ1) is 43.0. The van der Waals surface area contributed by atoms with Crippen molar-refractivity contribution in [3.63, 3.8) is 0 Å². The van der Waals surface area contributed by atoms with Crippen LogP contribution >= 0.6 is 0 Å². The predicted molar refractivity (Wildman–Crippen MR) is 393 cm³/mol. The summed E-state index contributed by atoms with van der Waals surface area (Å²) in [5.74, 6) is 0. The Balaban J connectivity index is 0.000000214. The van der Waals surface area contributed by atoms with Crippen LogP contribution in [0.3, 0.4) is 0 Å². The van der Waals surface area contributed by atoms with E-state index in [0.717, 1.165) is 25.7 Å². The van der Waals surface area contributed by atoms with Gasteiger partial charge in [0.25, 0.3) is 0 Å². The van der Waals surface area contributed by atoms with Crippen molar-refractivity contribution in [2.45, 2.75) is 207 Å². The molecule has 0 aliphatic heterocycles. The molecule has 0 fully saturated rings. The molecule has 0 spiro atoms. The van der Waals surface area contributed by atoms with Crippen molar-refractivity contribution < 1.29 is 73.3 Å². The Labute approximate surface area is 613 Å². The fourth-order valence-electron chi connectivity index (χ4n) is 12.3. The Hall–Kier alpha value is -5.19. The van der Waals surface area contributed by atoms with Gasteiger partial charge in [-0.15, -0.1) is 35.1 Å². The van der Waals surface area contributed by atoms with E-state index in [9.17, 15) is 0 Å². The van der Waals surface area contributed by atoms with Gasteiger partial charge in [0.2, 0.25) is 0 Å². The van der Waals surface area contributed by atoms with E-state index in [4.69, 9.17) is 0 Å². The second-order valence-corrected chi connectivity index (χ2v) is 33.8. The Kier molecular flexibility index (Phi) is 28.2. The summed E-state index contributed by atoms with van der Waals surface area (Å²) in [7, 11) is 0. The Bertz CT molecular complexity index is 3390. The SMILES string of the molecule is CC(C)(C)c1[c-]c2c(cc1)-c1ccc(C(C)(C)C)cc1C2.CC(C)(C)c1[c-]c2c(cc1)-c1ccc(C(C)(C)C)cc1C2.CC(C)([C](=[Zr+2])C(C)(C)c1ccccc1)c1ccccc1.CC(C)([C](=[Zr+2])C(C)(C)c1ccccc1)c1ccccc1.[C-]1=CC=CC1.[C-]1=CC=CC1.[Cl-].[Cl-]. The molecule has 0 saturated heterocycles. The summed E-state index contributed by atoms with van der Waals surface area (Å²) in [5, 5.41) is 0. The predicted octanol–water partition coefficient (Wildman–Crippen LogP) is 17.2. The maximum absolute atomic E-state index is 3.67. The van der Waals surface area contributed by atoms with Crippen LogP contribution in [0.25, 0.3) is 22.3 Å². The first-order valence-corrected chi connectivity index (χ1v) is 35.7. The van der Waals surface area contributed by atoms with Crippen LogP contribution in [0.5, 0.6) is 0 Å². The first-order valence-electron chi connectivity index (χ1n) is 33.3. The summed E-state index contributed by atoms with van der Waals surface area (Å²) >= 11 is 3.03. The van der Waals surface area contributed by atoms with Crippen molar-refractivity contribution in [1.29, 1.82) is 0 Å². The van der Waals surface area contributed by atoms with Crippen molar-refractivity contribution in [3.05, 3.63) is 309 Å². The number of halogens is 2. The summed E-state index contributed by atoms with van der Waals surface area (Å²) in [4.78, 5) is 0. The van der Waals surface area contributed by atoms with Crippen LogP contribution in [-0.4, -0.2) is 6.41 Å². The van der Waals surface area contributed by atoms with Gasteiger partial charge in [0, 0.05) is 0 Å². The van der Waals surface area contributed by atoms with Gasteiger partial charge in [-0.05, 0) is 56.8 Å². The summed E-state index contributed by atoms with van der Waals surface area (Å²) in [5.41, 5.74) is 23.4. The van der Waals surface area contributed by atoms with E-state index in [1.165, 1.54) is 137 Å². The van der Waals surface area contributed by atoms with Crippen LogP contribution in [0.4, 0.5) is 0 Å². The minimum atomic E-state index is 0. The first kappa shape index (κ1) is 79.5. The zero-order valence-corrected chi connectivity index (χ0v) is 66.8. The standard InChI is InChI=1S/2C21H25.2C19H22.2C5H5.2ClH.2Zr/c2*1-20(2,3)16-7-9-18-14(12-16)11-15-13-17(21(4,5)6)8-10-19(15)18;2*1-18(2,16-11-7-5-8-12-16)15-19(3,4)17-13-9-6-10-14-17;2*1-2-4-5-3-1;;;;/h2*7-10,12H,11H2,1-6H3;2*5-14H,1-4H3;2*1-3H,4H2;2*1H;;/q2*-1;;;2*-1;;;2*+2/p-2. The smallest absolute Gasteiger partial charge is 0.109 e. The van der Waals surface area contributed by atoms with Gasteiger partial charge in [0.05, 0.1) is 0 Å². The Morgan fingerprint density at radius 1 is 0.309 bits per heavy atom. The molecule has 8 aromatic carbocycles. The van der Waals surface area contributed by atoms with E-state index in [0.29, 0.717) is 0 Å². The molecule has 0 N–H and O–H groups in total.